The lowest BCUT2D eigenvalue weighted by molar-refractivity contribution is 0.769. The summed E-state index contributed by atoms with van der Waals surface area (Å²) in [5, 5.41) is 5.48. The average molecular weight is 744 g/mol. The Hall–Kier alpha value is -7.00. The molecule has 0 atom stereocenters. The smallest absolute Gasteiger partial charge is 0.179 e. The minimum absolute atomic E-state index is 0.523. The number of para-hydroxylation sites is 2. The molecular formula is C55H41NSi. The molecule has 0 aliphatic heterocycles. The molecule has 0 saturated heterocycles. The van der Waals surface area contributed by atoms with Crippen LogP contribution in [-0.4, -0.2) is 8.07 Å². The molecule has 0 N–H and O–H groups in total. The second kappa shape index (κ2) is 14.6. The fourth-order valence-corrected chi connectivity index (χ4v) is 14.3. The first-order valence-corrected chi connectivity index (χ1v) is 21.8. The molecule has 0 unspecified atom stereocenters. The third-order valence-corrected chi connectivity index (χ3v) is 16.7. The first-order chi connectivity index (χ1) is 28.3. The van der Waals surface area contributed by atoms with Crippen LogP contribution in [0.3, 0.4) is 0 Å². The van der Waals surface area contributed by atoms with E-state index < -0.39 is 13.5 Å². The van der Waals surface area contributed by atoms with Gasteiger partial charge in [-0.3, -0.25) is 0 Å². The van der Waals surface area contributed by atoms with Gasteiger partial charge in [0.25, 0.3) is 0 Å². The van der Waals surface area contributed by atoms with Crippen LogP contribution >= 0.6 is 0 Å². The zero-order valence-corrected chi connectivity index (χ0v) is 32.6. The molecule has 0 amide bonds. The van der Waals surface area contributed by atoms with E-state index >= 15 is 0 Å². The van der Waals surface area contributed by atoms with Gasteiger partial charge >= 0.3 is 0 Å². The predicted octanol–water partition coefficient (Wildman–Crippen LogP) is 10.9. The van der Waals surface area contributed by atoms with Gasteiger partial charge in [0.05, 0.1) is 5.41 Å². The van der Waals surface area contributed by atoms with E-state index in [4.69, 9.17) is 0 Å². The van der Waals surface area contributed by atoms with E-state index in [9.17, 15) is 0 Å². The molecular weight excluding hydrogens is 703 g/mol. The summed E-state index contributed by atoms with van der Waals surface area (Å²) in [7, 11) is -2.70. The molecule has 1 aliphatic rings. The van der Waals surface area contributed by atoms with Gasteiger partial charge in [0.15, 0.2) is 8.07 Å². The summed E-state index contributed by atoms with van der Waals surface area (Å²) in [4.78, 5) is 2.34. The molecule has 57 heavy (non-hydrogen) atoms. The lowest BCUT2D eigenvalue weighted by Gasteiger charge is -2.37. The number of anilines is 3. The Labute approximate surface area is 336 Å². The molecule has 1 nitrogen and oxygen atoms in total. The molecule has 0 heterocycles. The Morgan fingerprint density at radius 3 is 0.965 bits per heavy atom. The van der Waals surface area contributed by atoms with E-state index in [0.29, 0.717) is 0 Å². The Balaban J connectivity index is 1.19. The Kier molecular flexibility index (Phi) is 8.82. The highest BCUT2D eigenvalue weighted by Crippen LogP contribution is 2.56. The number of nitrogens with zero attached hydrogens (tertiary/aromatic N) is 1. The van der Waals surface area contributed by atoms with Gasteiger partial charge in [0, 0.05) is 17.1 Å². The summed E-state index contributed by atoms with van der Waals surface area (Å²) in [6, 6.07) is 91.9. The van der Waals surface area contributed by atoms with Crippen LogP contribution in [0, 0.1) is 0 Å². The molecule has 2 heteroatoms. The van der Waals surface area contributed by atoms with Crippen molar-refractivity contribution in [3.8, 4) is 11.1 Å². The van der Waals surface area contributed by atoms with Crippen LogP contribution in [-0.2, 0) is 5.41 Å². The minimum atomic E-state index is -2.70. The van der Waals surface area contributed by atoms with Crippen LogP contribution in [0.1, 0.15) is 22.3 Å². The number of hydrogen-bond donors (Lipinski definition) is 0. The van der Waals surface area contributed by atoms with Crippen LogP contribution in [0.5, 0.6) is 0 Å². The molecule has 1 aliphatic carbocycles. The van der Waals surface area contributed by atoms with Crippen molar-refractivity contribution in [2.24, 2.45) is 0 Å². The summed E-state index contributed by atoms with van der Waals surface area (Å²) in [5.41, 5.74) is 10.6. The predicted molar refractivity (Wildman–Crippen MR) is 242 cm³/mol. The molecule has 9 aromatic carbocycles. The Bertz CT molecular complexity index is 2570. The van der Waals surface area contributed by atoms with Crippen LogP contribution in [0.4, 0.5) is 17.1 Å². The van der Waals surface area contributed by atoms with E-state index in [1.54, 1.807) is 0 Å². The first-order valence-electron chi connectivity index (χ1n) is 19.8. The lowest BCUT2D eigenvalue weighted by Crippen LogP contribution is -2.74. The van der Waals surface area contributed by atoms with Crippen molar-refractivity contribution >= 4 is 45.9 Å². The van der Waals surface area contributed by atoms with Crippen molar-refractivity contribution < 1.29 is 0 Å². The molecule has 0 aromatic heterocycles. The summed E-state index contributed by atoms with van der Waals surface area (Å²) in [6.45, 7) is 0. The lowest BCUT2D eigenvalue weighted by atomic mass is 9.67. The first kappa shape index (κ1) is 34.5. The Morgan fingerprint density at radius 2 is 0.561 bits per heavy atom. The van der Waals surface area contributed by atoms with Gasteiger partial charge in [0.1, 0.15) is 0 Å². The van der Waals surface area contributed by atoms with E-state index in [-0.39, 0.29) is 0 Å². The summed E-state index contributed by atoms with van der Waals surface area (Å²) in [5.74, 6) is 0. The molecule has 0 fully saturated rings. The number of hydrogen-bond acceptors (Lipinski definition) is 1. The third-order valence-electron chi connectivity index (χ3n) is 11.9. The third kappa shape index (κ3) is 5.60. The van der Waals surface area contributed by atoms with Gasteiger partial charge in [-0.2, -0.15) is 0 Å². The van der Waals surface area contributed by atoms with Crippen molar-refractivity contribution in [1.29, 1.82) is 0 Å². The van der Waals surface area contributed by atoms with Crippen molar-refractivity contribution in [2.45, 2.75) is 5.41 Å². The van der Waals surface area contributed by atoms with Crippen LogP contribution < -0.4 is 25.6 Å². The van der Waals surface area contributed by atoms with Gasteiger partial charge in [-0.15, -0.1) is 0 Å². The normalized spacial score (nSPS) is 12.7. The summed E-state index contributed by atoms with van der Waals surface area (Å²) < 4.78 is 0. The number of benzene rings is 9. The minimum Gasteiger partial charge on any atom is -0.311 e. The quantitative estimate of drug-likeness (QED) is 0.105. The molecule has 10 rings (SSSR count). The van der Waals surface area contributed by atoms with E-state index in [1.807, 2.05) is 0 Å². The van der Waals surface area contributed by atoms with Gasteiger partial charge in [-0.05, 0) is 90.5 Å². The maximum Gasteiger partial charge on any atom is 0.179 e. The van der Waals surface area contributed by atoms with Crippen molar-refractivity contribution in [2.75, 3.05) is 4.90 Å². The zero-order valence-electron chi connectivity index (χ0n) is 31.6. The summed E-state index contributed by atoms with van der Waals surface area (Å²) in [6.07, 6.45) is 0. The van der Waals surface area contributed by atoms with Crippen molar-refractivity contribution in [3.63, 3.8) is 0 Å². The van der Waals surface area contributed by atoms with Gasteiger partial charge in [0.2, 0.25) is 0 Å². The topological polar surface area (TPSA) is 3.24 Å². The SMILES string of the molecule is c1ccc(N(c2ccccc2)c2ccc(C3(c4ccc([Si](c5ccccc5)(c5ccccc5)c5ccccc5)cc4)c4ccccc4-c4ccccc43)cc2)cc1. The molecule has 9 aromatic rings. The maximum absolute atomic E-state index is 2.70. The van der Waals surface area contributed by atoms with E-state index in [0.717, 1.165) is 17.1 Å². The van der Waals surface area contributed by atoms with E-state index in [1.165, 1.54) is 54.1 Å². The second-order valence-electron chi connectivity index (χ2n) is 14.8. The maximum atomic E-state index is 2.45. The average Bonchev–Trinajstić information content (AvgIpc) is 3.60. The van der Waals surface area contributed by atoms with Gasteiger partial charge < -0.3 is 4.90 Å². The number of fused-ring (bicyclic) bond motifs is 3. The Morgan fingerprint density at radius 1 is 0.263 bits per heavy atom. The molecule has 0 spiro atoms. The fraction of sp³-hybridized carbons (Fsp3) is 0.0182. The van der Waals surface area contributed by atoms with Crippen molar-refractivity contribution in [3.05, 3.63) is 271 Å². The second-order valence-corrected chi connectivity index (χ2v) is 18.6. The molecule has 0 bridgehead atoms. The van der Waals surface area contributed by atoms with Gasteiger partial charge in [-0.1, -0.05) is 212 Å². The van der Waals surface area contributed by atoms with Gasteiger partial charge in [-0.25, -0.2) is 0 Å². The molecule has 270 valence electrons. The van der Waals surface area contributed by atoms with Crippen molar-refractivity contribution in [1.82, 2.24) is 0 Å². The highest BCUT2D eigenvalue weighted by Gasteiger charge is 2.47. The van der Waals surface area contributed by atoms with E-state index in [2.05, 4.69) is 254 Å². The largest absolute Gasteiger partial charge is 0.311 e. The van der Waals surface area contributed by atoms with Crippen LogP contribution in [0.25, 0.3) is 11.1 Å². The standard InChI is InChI=1S/C55H41NSi/c1-6-20-44(21-7-1)56(45-22-8-2-9-23-45)46-38-34-42(35-39-46)55(53-32-18-16-30-51(53)52-31-17-19-33-54(52)55)43-36-40-50(41-37-43)57(47-24-10-3-11-25-47,48-26-12-4-13-27-48)49-28-14-5-15-29-49/h1-41H. The molecule has 0 saturated carbocycles. The van der Waals surface area contributed by atoms with Crippen LogP contribution in [0.2, 0.25) is 0 Å². The molecule has 0 radical (unpaired) electrons. The fourth-order valence-electron chi connectivity index (χ4n) is 9.52. The zero-order chi connectivity index (χ0) is 38.1. The monoisotopic (exact) mass is 743 g/mol. The van der Waals surface area contributed by atoms with Crippen LogP contribution in [0.15, 0.2) is 249 Å². The highest BCUT2D eigenvalue weighted by molar-refractivity contribution is 7.19. The number of rotatable bonds is 9. The highest BCUT2D eigenvalue weighted by atomic mass is 28.3. The summed E-state index contributed by atoms with van der Waals surface area (Å²) >= 11 is 0.